The van der Waals surface area contributed by atoms with Crippen LogP contribution < -0.4 is 0 Å². The van der Waals surface area contributed by atoms with Crippen molar-refractivity contribution >= 4 is 22.7 Å². The molecule has 0 aromatic carbocycles. The second-order valence-electron chi connectivity index (χ2n) is 7.47. The van der Waals surface area contributed by atoms with Crippen molar-refractivity contribution in [2.24, 2.45) is 0 Å². The van der Waals surface area contributed by atoms with Gasteiger partial charge < -0.3 is 0 Å². The Kier molecular flexibility index (Phi) is 6.29. The molecule has 2 aliphatic carbocycles. The van der Waals surface area contributed by atoms with Gasteiger partial charge in [-0.05, 0) is 76.9 Å². The Balaban J connectivity index is 1.85. The predicted octanol–water partition coefficient (Wildman–Crippen LogP) is 8.93. The van der Waals surface area contributed by atoms with Gasteiger partial charge in [-0.25, -0.2) is 0 Å². The van der Waals surface area contributed by atoms with Gasteiger partial charge in [0.2, 0.25) is 0 Å². The van der Waals surface area contributed by atoms with E-state index >= 15 is 0 Å². The summed E-state index contributed by atoms with van der Waals surface area (Å²) in [6, 6.07) is 18.2. The Labute approximate surface area is 177 Å². The van der Waals surface area contributed by atoms with Crippen molar-refractivity contribution in [2.45, 2.75) is 52.4 Å². The second kappa shape index (κ2) is 9.07. The van der Waals surface area contributed by atoms with Gasteiger partial charge in [0.05, 0.1) is 0 Å². The molecule has 2 aromatic rings. The van der Waals surface area contributed by atoms with E-state index in [9.17, 15) is 0 Å². The lowest BCUT2D eigenvalue weighted by atomic mass is 10.0. The average molecular weight is 405 g/mol. The van der Waals surface area contributed by atoms with E-state index in [0.29, 0.717) is 0 Å². The van der Waals surface area contributed by atoms with Crippen LogP contribution in [0.1, 0.15) is 50.7 Å². The van der Waals surface area contributed by atoms with Gasteiger partial charge in [0.1, 0.15) is 0 Å². The molecule has 0 spiro atoms. The van der Waals surface area contributed by atoms with Crippen LogP contribution in [0, 0.1) is 0 Å². The summed E-state index contributed by atoms with van der Waals surface area (Å²) < 4.78 is 0. The van der Waals surface area contributed by atoms with Crippen LogP contribution in [0.5, 0.6) is 0 Å². The summed E-state index contributed by atoms with van der Waals surface area (Å²) in [6.45, 7) is 4.55. The fourth-order valence-electron chi connectivity index (χ4n) is 3.96. The molecule has 144 valence electrons. The van der Waals surface area contributed by atoms with Crippen molar-refractivity contribution in [1.29, 1.82) is 0 Å². The third-order valence-electron chi connectivity index (χ3n) is 5.49. The Hall–Kier alpha value is -1.90. The minimum Gasteiger partial charge on any atom is -0.144 e. The highest BCUT2D eigenvalue weighted by molar-refractivity contribution is 7.14. The van der Waals surface area contributed by atoms with Gasteiger partial charge in [0.25, 0.3) is 0 Å². The maximum absolute atomic E-state index is 2.47. The molecule has 0 bridgehead atoms. The first kappa shape index (κ1) is 19.4. The highest BCUT2D eigenvalue weighted by Gasteiger charge is 2.21. The quantitative estimate of drug-likeness (QED) is 0.275. The molecule has 0 fully saturated rings. The standard InChI is InChI=1S/C26H28S2/c1-3-5-10-19-14-16-27-25(19)23-18-24(22-13-9-7-8-12-21(22)23)26-20(11-6-4-2)15-17-28-26/h7-9,12-18H,3-6,10-11H2,1-2H3. The van der Waals surface area contributed by atoms with Gasteiger partial charge >= 0.3 is 0 Å². The summed E-state index contributed by atoms with van der Waals surface area (Å²) in [5.74, 6) is 0. The molecule has 0 saturated heterocycles. The first-order valence-electron chi connectivity index (χ1n) is 10.5. The number of hydrogen-bond acceptors (Lipinski definition) is 2. The largest absolute Gasteiger partial charge is 0.144 e. The summed E-state index contributed by atoms with van der Waals surface area (Å²) >= 11 is 3.79. The van der Waals surface area contributed by atoms with Crippen LogP contribution in [0.15, 0.2) is 59.3 Å². The van der Waals surface area contributed by atoms with E-state index in [1.807, 2.05) is 22.7 Å². The molecule has 0 N–H and O–H groups in total. The topological polar surface area (TPSA) is 0 Å². The van der Waals surface area contributed by atoms with Gasteiger partial charge in [-0.15, -0.1) is 22.7 Å². The third-order valence-corrected chi connectivity index (χ3v) is 7.47. The molecule has 0 atom stereocenters. The Morgan fingerprint density at radius 1 is 0.607 bits per heavy atom. The van der Waals surface area contributed by atoms with Crippen molar-refractivity contribution < 1.29 is 0 Å². The summed E-state index contributed by atoms with van der Waals surface area (Å²) in [5, 5.41) is 4.53. The van der Waals surface area contributed by atoms with Crippen LogP contribution in [0.4, 0.5) is 0 Å². The van der Waals surface area contributed by atoms with Crippen molar-refractivity contribution in [3.8, 4) is 32.0 Å². The summed E-state index contributed by atoms with van der Waals surface area (Å²) in [5.41, 5.74) is 8.61. The second-order valence-corrected chi connectivity index (χ2v) is 9.30. The Morgan fingerprint density at radius 3 is 1.57 bits per heavy atom. The van der Waals surface area contributed by atoms with Gasteiger partial charge in [-0.3, -0.25) is 0 Å². The fraction of sp³-hybridized carbons (Fsp3) is 0.308. The van der Waals surface area contributed by atoms with Crippen molar-refractivity contribution in [2.75, 3.05) is 0 Å². The minimum absolute atomic E-state index is 1.18. The number of hydrogen-bond donors (Lipinski definition) is 0. The maximum atomic E-state index is 2.47. The number of thiophene rings is 2. The Bertz CT molecular complexity index is 927. The van der Waals surface area contributed by atoms with Gasteiger partial charge in [-0.2, -0.15) is 0 Å². The molecule has 28 heavy (non-hydrogen) atoms. The minimum atomic E-state index is 1.18. The van der Waals surface area contributed by atoms with Crippen molar-refractivity contribution in [3.05, 3.63) is 70.4 Å². The lowest BCUT2D eigenvalue weighted by Crippen LogP contribution is -1.84. The third kappa shape index (κ3) is 3.81. The monoisotopic (exact) mass is 404 g/mol. The van der Waals surface area contributed by atoms with Gasteiger partial charge in [0.15, 0.2) is 0 Å². The molecular formula is C26H28S2. The number of unbranched alkanes of at least 4 members (excludes halogenated alkanes) is 2. The normalized spacial score (nSPS) is 11.4. The zero-order valence-electron chi connectivity index (χ0n) is 16.8. The zero-order chi connectivity index (χ0) is 19.3. The van der Waals surface area contributed by atoms with E-state index < -0.39 is 0 Å². The molecule has 0 aliphatic heterocycles. The molecule has 4 rings (SSSR count). The van der Waals surface area contributed by atoms with Crippen molar-refractivity contribution in [3.63, 3.8) is 0 Å². The molecule has 0 unspecified atom stereocenters. The van der Waals surface area contributed by atoms with E-state index in [0.717, 1.165) is 0 Å². The maximum Gasteiger partial charge on any atom is 0.0381 e. The molecule has 0 saturated carbocycles. The Morgan fingerprint density at radius 2 is 1.11 bits per heavy atom. The molecule has 2 heterocycles. The first-order valence-corrected chi connectivity index (χ1v) is 12.2. The highest BCUT2D eigenvalue weighted by Crippen LogP contribution is 2.48. The van der Waals surface area contributed by atoms with E-state index in [-0.39, 0.29) is 0 Å². The SMILES string of the molecule is CCCCc1ccsc1-c1cc(-c2sccc2CCCC)c2cccccc1-2. The lowest BCUT2D eigenvalue weighted by Gasteiger charge is -2.05. The summed E-state index contributed by atoms with van der Waals surface area (Å²) in [6.07, 6.45) is 7.36. The molecule has 0 nitrogen and oxygen atoms in total. The zero-order valence-corrected chi connectivity index (χ0v) is 18.5. The predicted molar refractivity (Wildman–Crippen MR) is 127 cm³/mol. The van der Waals surface area contributed by atoms with Crippen molar-refractivity contribution in [1.82, 2.24) is 0 Å². The van der Waals surface area contributed by atoms with E-state index in [4.69, 9.17) is 0 Å². The molecular weight excluding hydrogens is 376 g/mol. The molecule has 0 radical (unpaired) electrons. The lowest BCUT2D eigenvalue weighted by molar-refractivity contribution is 0.798. The molecule has 0 amide bonds. The number of fused-ring (bicyclic) bond motifs is 1. The van der Waals surface area contributed by atoms with Crippen LogP contribution in [0.3, 0.4) is 0 Å². The molecule has 2 aromatic heterocycles. The molecule has 2 heteroatoms. The van der Waals surface area contributed by atoms with Crippen LogP contribution >= 0.6 is 22.7 Å². The number of aryl methyl sites for hydroxylation is 2. The van der Waals surface area contributed by atoms with E-state index in [1.54, 1.807) is 0 Å². The smallest absolute Gasteiger partial charge is 0.0381 e. The van der Waals surface area contributed by atoms with Crippen LogP contribution in [-0.4, -0.2) is 0 Å². The fourth-order valence-corrected chi connectivity index (χ4v) is 5.94. The van der Waals surface area contributed by atoms with Gasteiger partial charge in [0, 0.05) is 20.9 Å². The summed E-state index contributed by atoms with van der Waals surface area (Å²) in [7, 11) is 0. The average Bonchev–Trinajstić information content (AvgIpc) is 3.39. The van der Waals surface area contributed by atoms with E-state index in [1.165, 1.54) is 81.7 Å². The van der Waals surface area contributed by atoms with Crippen LogP contribution in [-0.2, 0) is 12.8 Å². The van der Waals surface area contributed by atoms with E-state index in [2.05, 4.69) is 73.1 Å². The molecule has 2 aliphatic rings. The van der Waals surface area contributed by atoms with Gasteiger partial charge in [-0.1, -0.05) is 57.0 Å². The van der Waals surface area contributed by atoms with Crippen LogP contribution in [0.2, 0.25) is 0 Å². The first-order chi connectivity index (χ1) is 13.8. The summed E-state index contributed by atoms with van der Waals surface area (Å²) in [4.78, 5) is 2.92. The number of rotatable bonds is 8. The highest BCUT2D eigenvalue weighted by atomic mass is 32.1. The van der Waals surface area contributed by atoms with Crippen LogP contribution in [0.25, 0.3) is 32.0 Å².